The Hall–Kier alpha value is -2.10. The van der Waals surface area contributed by atoms with Gasteiger partial charge in [0.05, 0.1) is 12.1 Å². The fraction of sp³-hybridized carbons (Fsp3) is 0.412. The Balaban J connectivity index is 1.77. The minimum Gasteiger partial charge on any atom is -0.481 e. The number of carbonyl (C=O) groups is 1. The zero-order valence-corrected chi connectivity index (χ0v) is 12.2. The van der Waals surface area contributed by atoms with Crippen molar-refractivity contribution in [1.29, 1.82) is 0 Å². The minimum absolute atomic E-state index is 0.193. The summed E-state index contributed by atoms with van der Waals surface area (Å²) in [6.45, 7) is 2.92. The molecule has 0 radical (unpaired) electrons. The van der Waals surface area contributed by atoms with E-state index >= 15 is 0 Å². The second kappa shape index (κ2) is 5.35. The van der Waals surface area contributed by atoms with Gasteiger partial charge in [-0.2, -0.15) is 5.10 Å². The predicted molar refractivity (Wildman–Crippen MR) is 80.1 cm³/mol. The van der Waals surface area contributed by atoms with Crippen LogP contribution in [0, 0.1) is 5.92 Å². The lowest BCUT2D eigenvalue weighted by Crippen LogP contribution is -2.16. The van der Waals surface area contributed by atoms with Gasteiger partial charge in [-0.25, -0.2) is 0 Å². The molecular weight excluding hydrogens is 264 g/mol. The fourth-order valence-corrected chi connectivity index (χ4v) is 3.21. The third kappa shape index (κ3) is 2.58. The number of rotatable bonds is 6. The summed E-state index contributed by atoms with van der Waals surface area (Å²) in [6.07, 6.45) is 6.42. The molecule has 110 valence electrons. The number of aromatic nitrogens is 2. The monoisotopic (exact) mass is 284 g/mol. The summed E-state index contributed by atoms with van der Waals surface area (Å²) in [4.78, 5) is 11.4. The highest BCUT2D eigenvalue weighted by molar-refractivity contribution is 5.77. The lowest BCUT2D eigenvalue weighted by Gasteiger charge is -2.16. The Morgan fingerprint density at radius 3 is 2.76 bits per heavy atom. The molecule has 0 saturated heterocycles. The first-order valence-corrected chi connectivity index (χ1v) is 7.45. The van der Waals surface area contributed by atoms with Crippen LogP contribution in [0.15, 0.2) is 42.7 Å². The molecule has 1 N–H and O–H groups in total. The van der Waals surface area contributed by atoms with Crippen LogP contribution in [0.3, 0.4) is 0 Å². The van der Waals surface area contributed by atoms with E-state index in [1.165, 1.54) is 5.56 Å². The van der Waals surface area contributed by atoms with E-state index in [4.69, 9.17) is 0 Å². The summed E-state index contributed by atoms with van der Waals surface area (Å²) < 4.78 is 1.91. The van der Waals surface area contributed by atoms with Gasteiger partial charge in [-0.1, -0.05) is 30.3 Å². The molecule has 0 aliphatic heterocycles. The van der Waals surface area contributed by atoms with Crippen molar-refractivity contribution in [2.24, 2.45) is 5.92 Å². The van der Waals surface area contributed by atoms with Crippen LogP contribution in [-0.4, -0.2) is 20.9 Å². The number of benzene rings is 1. The van der Waals surface area contributed by atoms with Gasteiger partial charge >= 0.3 is 5.97 Å². The van der Waals surface area contributed by atoms with Crippen molar-refractivity contribution in [3.05, 3.63) is 53.9 Å². The van der Waals surface area contributed by atoms with Crippen molar-refractivity contribution in [2.45, 2.75) is 38.1 Å². The molecule has 3 rings (SSSR count). The molecule has 2 atom stereocenters. The Bertz CT molecular complexity index is 635. The fourth-order valence-electron chi connectivity index (χ4n) is 3.21. The molecule has 1 saturated carbocycles. The molecular formula is C17H20N2O2. The van der Waals surface area contributed by atoms with E-state index < -0.39 is 5.97 Å². The van der Waals surface area contributed by atoms with E-state index in [0.29, 0.717) is 0 Å². The van der Waals surface area contributed by atoms with Crippen LogP contribution in [0.4, 0.5) is 0 Å². The van der Waals surface area contributed by atoms with E-state index in [1.54, 1.807) is 0 Å². The normalized spacial score (nSPS) is 24.0. The molecule has 1 aromatic heterocycles. The summed E-state index contributed by atoms with van der Waals surface area (Å²) in [5, 5.41) is 13.7. The van der Waals surface area contributed by atoms with Gasteiger partial charge < -0.3 is 5.11 Å². The molecule has 0 amide bonds. The first-order chi connectivity index (χ1) is 10.2. The maximum Gasteiger partial charge on any atom is 0.307 e. The van der Waals surface area contributed by atoms with Crippen LogP contribution in [0.5, 0.6) is 0 Å². The number of aryl methyl sites for hydroxylation is 2. The van der Waals surface area contributed by atoms with E-state index in [0.717, 1.165) is 31.4 Å². The third-order valence-corrected chi connectivity index (χ3v) is 4.59. The van der Waals surface area contributed by atoms with E-state index in [2.05, 4.69) is 30.4 Å². The summed E-state index contributed by atoms with van der Waals surface area (Å²) in [5.41, 5.74) is 2.14. The zero-order chi connectivity index (χ0) is 14.9. The van der Waals surface area contributed by atoms with E-state index in [9.17, 15) is 9.90 Å². The number of aliphatic carboxylic acids is 1. The first-order valence-electron chi connectivity index (χ1n) is 7.45. The molecule has 21 heavy (non-hydrogen) atoms. The average molecular weight is 284 g/mol. The number of carboxylic acids is 1. The van der Waals surface area contributed by atoms with Gasteiger partial charge in [0.2, 0.25) is 0 Å². The van der Waals surface area contributed by atoms with E-state index in [-0.39, 0.29) is 11.3 Å². The predicted octanol–water partition coefficient (Wildman–Crippen LogP) is 2.88. The second-order valence-corrected chi connectivity index (χ2v) is 5.82. The molecule has 1 aromatic carbocycles. The molecule has 1 fully saturated rings. The van der Waals surface area contributed by atoms with Crippen LogP contribution in [-0.2, 0) is 23.2 Å². The molecule has 0 bridgehead atoms. The Kier molecular flexibility index (Phi) is 3.53. The summed E-state index contributed by atoms with van der Waals surface area (Å²) in [5.74, 6) is -0.927. The Morgan fingerprint density at radius 2 is 2.19 bits per heavy atom. The highest BCUT2D eigenvalue weighted by Gasteiger charge is 2.58. The zero-order valence-electron chi connectivity index (χ0n) is 12.2. The lowest BCUT2D eigenvalue weighted by atomic mass is 9.87. The largest absolute Gasteiger partial charge is 0.481 e. The van der Waals surface area contributed by atoms with Gasteiger partial charge in [-0.3, -0.25) is 9.48 Å². The number of carboxylic acid groups (broad SMARTS) is 1. The molecule has 0 spiro atoms. The van der Waals surface area contributed by atoms with Crippen molar-refractivity contribution < 1.29 is 9.90 Å². The third-order valence-electron chi connectivity index (χ3n) is 4.59. The van der Waals surface area contributed by atoms with Crippen molar-refractivity contribution >= 4 is 5.97 Å². The minimum atomic E-state index is -0.678. The van der Waals surface area contributed by atoms with Crippen molar-refractivity contribution in [3.63, 3.8) is 0 Å². The quantitative estimate of drug-likeness (QED) is 0.887. The summed E-state index contributed by atoms with van der Waals surface area (Å²) in [6, 6.07) is 10.1. The average Bonchev–Trinajstić information content (AvgIpc) is 3.09. The van der Waals surface area contributed by atoms with Crippen LogP contribution >= 0.6 is 0 Å². The SMILES string of the molecule is CCn1cc(CCC2(c3ccccc3)CC2C(=O)O)cn1. The second-order valence-electron chi connectivity index (χ2n) is 5.82. The van der Waals surface area contributed by atoms with Crippen molar-refractivity contribution in [1.82, 2.24) is 9.78 Å². The molecule has 2 unspecified atom stereocenters. The van der Waals surface area contributed by atoms with Crippen LogP contribution in [0.2, 0.25) is 0 Å². The van der Waals surface area contributed by atoms with E-state index in [1.807, 2.05) is 29.1 Å². The number of hydrogen-bond donors (Lipinski definition) is 1. The first kappa shape index (κ1) is 13.9. The Morgan fingerprint density at radius 1 is 1.43 bits per heavy atom. The lowest BCUT2D eigenvalue weighted by molar-refractivity contribution is -0.139. The summed E-state index contributed by atoms with van der Waals surface area (Å²) in [7, 11) is 0. The topological polar surface area (TPSA) is 55.1 Å². The van der Waals surface area contributed by atoms with Crippen LogP contribution in [0.1, 0.15) is 30.9 Å². The molecule has 1 heterocycles. The highest BCUT2D eigenvalue weighted by Crippen LogP contribution is 2.57. The van der Waals surface area contributed by atoms with Gasteiger partial charge in [-0.05, 0) is 37.3 Å². The van der Waals surface area contributed by atoms with Gasteiger partial charge in [-0.15, -0.1) is 0 Å². The van der Waals surface area contributed by atoms with Crippen LogP contribution in [0.25, 0.3) is 0 Å². The van der Waals surface area contributed by atoms with Crippen molar-refractivity contribution in [2.75, 3.05) is 0 Å². The van der Waals surface area contributed by atoms with Crippen LogP contribution < -0.4 is 0 Å². The van der Waals surface area contributed by atoms with Gasteiger partial charge in [0.25, 0.3) is 0 Å². The molecule has 4 heteroatoms. The highest BCUT2D eigenvalue weighted by atomic mass is 16.4. The van der Waals surface area contributed by atoms with Gasteiger partial charge in [0.1, 0.15) is 0 Å². The van der Waals surface area contributed by atoms with Gasteiger partial charge in [0, 0.05) is 18.2 Å². The molecule has 2 aromatic rings. The smallest absolute Gasteiger partial charge is 0.307 e. The number of hydrogen-bond acceptors (Lipinski definition) is 2. The summed E-state index contributed by atoms with van der Waals surface area (Å²) >= 11 is 0. The van der Waals surface area contributed by atoms with Crippen molar-refractivity contribution in [3.8, 4) is 0 Å². The maximum absolute atomic E-state index is 11.4. The van der Waals surface area contributed by atoms with Gasteiger partial charge in [0.15, 0.2) is 0 Å². The molecule has 4 nitrogen and oxygen atoms in total. The molecule has 1 aliphatic rings. The standard InChI is InChI=1S/C17H20N2O2/c1-2-19-12-13(11-18-19)8-9-17(10-15(17)16(20)21)14-6-4-3-5-7-14/h3-7,11-12,15H,2,8-10H2,1H3,(H,20,21). The maximum atomic E-state index is 11.4. The Labute approximate surface area is 124 Å². The number of nitrogens with zero attached hydrogens (tertiary/aromatic N) is 2. The molecule has 1 aliphatic carbocycles.